The van der Waals surface area contributed by atoms with E-state index < -0.39 is 11.9 Å². The number of benzene rings is 2. The molecule has 30 heavy (non-hydrogen) atoms. The molecule has 2 aromatic heterocycles. The maximum atomic E-state index is 12.5. The van der Waals surface area contributed by atoms with Crippen LogP contribution < -0.4 is 5.32 Å². The number of rotatable bonds is 6. The molecule has 0 aliphatic heterocycles. The summed E-state index contributed by atoms with van der Waals surface area (Å²) in [4.78, 5) is 24.7. The number of carbonyl (C=O) groups excluding carboxylic acids is 2. The summed E-state index contributed by atoms with van der Waals surface area (Å²) in [6, 6.07) is 19.4. The Morgan fingerprint density at radius 2 is 1.87 bits per heavy atom. The Bertz CT molecular complexity index is 1160. The van der Waals surface area contributed by atoms with Gasteiger partial charge in [0.2, 0.25) is 0 Å². The fourth-order valence-electron chi connectivity index (χ4n) is 2.82. The largest absolute Gasteiger partial charge is 0.459 e. The minimum absolute atomic E-state index is 0.0306. The second kappa shape index (κ2) is 8.48. The smallest absolute Gasteiger partial charge is 0.338 e. The van der Waals surface area contributed by atoms with Crippen molar-refractivity contribution in [1.82, 2.24) is 5.16 Å². The zero-order chi connectivity index (χ0) is 20.9. The van der Waals surface area contributed by atoms with E-state index in [1.165, 1.54) is 6.26 Å². The van der Waals surface area contributed by atoms with Crippen molar-refractivity contribution in [3.8, 4) is 11.3 Å². The third kappa shape index (κ3) is 4.30. The highest BCUT2D eigenvalue weighted by Crippen LogP contribution is 2.21. The lowest BCUT2D eigenvalue weighted by molar-refractivity contribution is 0.0464. The summed E-state index contributed by atoms with van der Waals surface area (Å²) in [6.45, 7) is 1.80. The lowest BCUT2D eigenvalue weighted by Crippen LogP contribution is -2.13. The molecule has 0 radical (unpaired) electrons. The Morgan fingerprint density at radius 3 is 2.63 bits per heavy atom. The molecule has 1 N–H and O–H groups in total. The molecule has 1 amide bonds. The van der Waals surface area contributed by atoms with E-state index in [0.717, 1.165) is 11.1 Å². The molecule has 7 heteroatoms. The fraction of sp³-hybridized carbons (Fsp3) is 0.0870. The Kier molecular flexibility index (Phi) is 5.43. The quantitative estimate of drug-likeness (QED) is 0.463. The SMILES string of the molecule is Cc1ccc(C(=O)OCc2cc(-c3ccccc3)on2)cc1NC(=O)c1ccco1. The summed E-state index contributed by atoms with van der Waals surface area (Å²) in [6.07, 6.45) is 1.42. The van der Waals surface area contributed by atoms with Gasteiger partial charge in [-0.3, -0.25) is 4.79 Å². The Hall–Kier alpha value is -4.13. The molecular weight excluding hydrogens is 384 g/mol. The molecule has 0 aliphatic carbocycles. The highest BCUT2D eigenvalue weighted by molar-refractivity contribution is 6.03. The van der Waals surface area contributed by atoms with Gasteiger partial charge in [-0.2, -0.15) is 0 Å². The lowest BCUT2D eigenvalue weighted by atomic mass is 10.1. The Morgan fingerprint density at radius 1 is 1.03 bits per heavy atom. The van der Waals surface area contributed by atoms with Gasteiger partial charge in [0.1, 0.15) is 12.3 Å². The van der Waals surface area contributed by atoms with Gasteiger partial charge >= 0.3 is 5.97 Å². The van der Waals surface area contributed by atoms with Gasteiger partial charge < -0.3 is 19.0 Å². The lowest BCUT2D eigenvalue weighted by Gasteiger charge is -2.09. The van der Waals surface area contributed by atoms with Crippen LogP contribution in [0, 0.1) is 6.92 Å². The molecule has 150 valence electrons. The van der Waals surface area contributed by atoms with E-state index in [-0.39, 0.29) is 12.4 Å². The number of amides is 1. The van der Waals surface area contributed by atoms with Crippen molar-refractivity contribution in [1.29, 1.82) is 0 Å². The second-order valence-electron chi connectivity index (χ2n) is 6.59. The van der Waals surface area contributed by atoms with Gasteiger partial charge in [0.05, 0.1) is 11.8 Å². The molecule has 0 saturated carbocycles. The van der Waals surface area contributed by atoms with E-state index in [2.05, 4.69) is 10.5 Å². The number of aromatic nitrogens is 1. The highest BCUT2D eigenvalue weighted by Gasteiger charge is 2.15. The van der Waals surface area contributed by atoms with Crippen LogP contribution >= 0.6 is 0 Å². The molecule has 0 aliphatic rings. The van der Waals surface area contributed by atoms with E-state index in [0.29, 0.717) is 22.7 Å². The molecule has 0 atom stereocenters. The Balaban J connectivity index is 1.41. The van der Waals surface area contributed by atoms with Gasteiger partial charge in [-0.05, 0) is 36.8 Å². The summed E-state index contributed by atoms with van der Waals surface area (Å²) >= 11 is 0. The van der Waals surface area contributed by atoms with E-state index in [4.69, 9.17) is 13.7 Å². The van der Waals surface area contributed by atoms with E-state index in [1.54, 1.807) is 36.4 Å². The number of anilines is 1. The number of carbonyl (C=O) groups is 2. The first-order valence-electron chi connectivity index (χ1n) is 9.24. The predicted molar refractivity (Wildman–Crippen MR) is 109 cm³/mol. The number of nitrogens with one attached hydrogen (secondary N) is 1. The summed E-state index contributed by atoms with van der Waals surface area (Å²) in [5.74, 6) is -0.153. The van der Waals surface area contributed by atoms with Crippen LogP contribution in [-0.2, 0) is 11.3 Å². The van der Waals surface area contributed by atoms with Crippen LogP contribution in [-0.4, -0.2) is 17.0 Å². The van der Waals surface area contributed by atoms with Crippen molar-refractivity contribution in [3.05, 3.63) is 95.6 Å². The first-order chi connectivity index (χ1) is 14.6. The maximum absolute atomic E-state index is 12.5. The van der Waals surface area contributed by atoms with Crippen LogP contribution in [0.5, 0.6) is 0 Å². The van der Waals surface area contributed by atoms with Crippen molar-refractivity contribution in [2.24, 2.45) is 0 Å². The summed E-state index contributed by atoms with van der Waals surface area (Å²) in [5.41, 5.74) is 3.00. The second-order valence-corrected chi connectivity index (χ2v) is 6.59. The third-order valence-electron chi connectivity index (χ3n) is 4.43. The summed E-state index contributed by atoms with van der Waals surface area (Å²) in [7, 11) is 0. The average Bonchev–Trinajstić information content (AvgIpc) is 3.46. The molecule has 4 aromatic rings. The van der Waals surface area contributed by atoms with Crippen LogP contribution in [0.4, 0.5) is 5.69 Å². The zero-order valence-electron chi connectivity index (χ0n) is 16.1. The van der Waals surface area contributed by atoms with Gasteiger partial charge in [-0.1, -0.05) is 41.6 Å². The maximum Gasteiger partial charge on any atom is 0.338 e. The van der Waals surface area contributed by atoms with Gasteiger partial charge in [-0.15, -0.1) is 0 Å². The zero-order valence-corrected chi connectivity index (χ0v) is 16.1. The monoisotopic (exact) mass is 402 g/mol. The molecule has 0 bridgehead atoms. The van der Waals surface area contributed by atoms with Gasteiger partial charge in [-0.25, -0.2) is 4.79 Å². The number of hydrogen-bond donors (Lipinski definition) is 1. The molecule has 2 aromatic carbocycles. The fourth-order valence-corrected chi connectivity index (χ4v) is 2.82. The molecule has 4 rings (SSSR count). The molecule has 0 saturated heterocycles. The van der Waals surface area contributed by atoms with E-state index in [9.17, 15) is 9.59 Å². The number of aryl methyl sites for hydroxylation is 1. The number of nitrogens with zero attached hydrogens (tertiary/aromatic N) is 1. The minimum atomic E-state index is -0.534. The summed E-state index contributed by atoms with van der Waals surface area (Å²) in [5, 5.41) is 6.67. The molecule has 0 unspecified atom stereocenters. The molecular formula is C23H18N2O5. The third-order valence-corrected chi connectivity index (χ3v) is 4.43. The van der Waals surface area contributed by atoms with Crippen molar-refractivity contribution >= 4 is 17.6 Å². The standard InChI is InChI=1S/C23H18N2O5/c1-15-9-10-17(12-19(15)24-22(26)20-8-5-11-28-20)23(27)29-14-18-13-21(30-25-18)16-6-3-2-4-7-16/h2-13H,14H2,1H3,(H,24,26). The number of hydrogen-bond acceptors (Lipinski definition) is 6. The van der Waals surface area contributed by atoms with Crippen LogP contribution in [0.2, 0.25) is 0 Å². The molecule has 0 fully saturated rings. The van der Waals surface area contributed by atoms with Gasteiger partial charge in [0.25, 0.3) is 5.91 Å². The minimum Gasteiger partial charge on any atom is -0.459 e. The van der Waals surface area contributed by atoms with Crippen LogP contribution in [0.1, 0.15) is 32.2 Å². The topological polar surface area (TPSA) is 94.6 Å². The van der Waals surface area contributed by atoms with Gasteiger partial charge in [0, 0.05) is 17.3 Å². The van der Waals surface area contributed by atoms with E-state index in [1.807, 2.05) is 37.3 Å². The molecule has 0 spiro atoms. The number of esters is 1. The van der Waals surface area contributed by atoms with Crippen molar-refractivity contribution in [3.63, 3.8) is 0 Å². The van der Waals surface area contributed by atoms with Crippen molar-refractivity contribution < 1.29 is 23.3 Å². The molecule has 2 heterocycles. The highest BCUT2D eigenvalue weighted by atomic mass is 16.5. The van der Waals surface area contributed by atoms with Crippen LogP contribution in [0.15, 0.2) is 81.9 Å². The first kappa shape index (κ1) is 19.2. The normalized spacial score (nSPS) is 10.6. The number of furan rings is 1. The van der Waals surface area contributed by atoms with Crippen LogP contribution in [0.25, 0.3) is 11.3 Å². The van der Waals surface area contributed by atoms with Gasteiger partial charge in [0.15, 0.2) is 11.5 Å². The molecule has 7 nitrogen and oxygen atoms in total. The van der Waals surface area contributed by atoms with Crippen molar-refractivity contribution in [2.45, 2.75) is 13.5 Å². The van der Waals surface area contributed by atoms with Crippen LogP contribution in [0.3, 0.4) is 0 Å². The number of ether oxygens (including phenoxy) is 1. The van der Waals surface area contributed by atoms with E-state index >= 15 is 0 Å². The predicted octanol–water partition coefficient (Wildman–Crippen LogP) is 4.85. The Labute approximate surface area is 172 Å². The van der Waals surface area contributed by atoms with Crippen molar-refractivity contribution in [2.75, 3.05) is 5.32 Å². The first-order valence-corrected chi connectivity index (χ1v) is 9.24. The summed E-state index contributed by atoms with van der Waals surface area (Å²) < 4.78 is 15.7. The average molecular weight is 402 g/mol.